The van der Waals surface area contributed by atoms with Crippen LogP contribution in [0.2, 0.25) is 5.02 Å². The van der Waals surface area contributed by atoms with Crippen molar-refractivity contribution >= 4 is 29.1 Å². The number of hydrogen-bond acceptors (Lipinski definition) is 4. The van der Waals surface area contributed by atoms with E-state index in [9.17, 15) is 13.6 Å². The van der Waals surface area contributed by atoms with Crippen LogP contribution in [0.3, 0.4) is 0 Å². The van der Waals surface area contributed by atoms with Crippen molar-refractivity contribution < 1.29 is 13.6 Å². The number of aromatic nitrogens is 2. The fourth-order valence-corrected chi connectivity index (χ4v) is 2.37. The van der Waals surface area contributed by atoms with Gasteiger partial charge < -0.3 is 10.6 Å². The molecule has 0 fully saturated rings. The van der Waals surface area contributed by atoms with Gasteiger partial charge in [0.1, 0.15) is 17.3 Å². The lowest BCUT2D eigenvalue weighted by atomic mass is 10.2. The topological polar surface area (TPSA) is 66.9 Å². The maximum absolute atomic E-state index is 13.6. The zero-order valence-electron chi connectivity index (χ0n) is 13.3. The Kier molecular flexibility index (Phi) is 5.38. The van der Waals surface area contributed by atoms with Crippen LogP contribution in [0, 0.1) is 11.6 Å². The molecule has 0 spiro atoms. The van der Waals surface area contributed by atoms with Gasteiger partial charge >= 0.3 is 0 Å². The molecule has 26 heavy (non-hydrogen) atoms. The Morgan fingerprint density at radius 1 is 1.12 bits per heavy atom. The van der Waals surface area contributed by atoms with Crippen molar-refractivity contribution in [1.29, 1.82) is 0 Å². The maximum atomic E-state index is 13.6. The molecule has 0 bridgehead atoms. The van der Waals surface area contributed by atoms with Crippen LogP contribution in [-0.2, 0) is 6.54 Å². The van der Waals surface area contributed by atoms with Crippen molar-refractivity contribution in [1.82, 2.24) is 9.97 Å². The average Bonchev–Trinajstić information content (AvgIpc) is 2.63. The minimum atomic E-state index is -0.871. The Morgan fingerprint density at radius 2 is 1.92 bits per heavy atom. The zero-order valence-corrected chi connectivity index (χ0v) is 14.1. The third-order valence-electron chi connectivity index (χ3n) is 3.46. The molecule has 1 aromatic heterocycles. The number of nitrogens with one attached hydrogen (secondary N) is 2. The highest BCUT2D eigenvalue weighted by atomic mass is 35.5. The molecule has 0 aliphatic rings. The summed E-state index contributed by atoms with van der Waals surface area (Å²) in [5.74, 6) is -2.02. The highest BCUT2D eigenvalue weighted by Crippen LogP contribution is 2.17. The number of anilines is 2. The number of amides is 1. The van der Waals surface area contributed by atoms with Gasteiger partial charge in [0.05, 0.1) is 5.69 Å². The van der Waals surface area contributed by atoms with Crippen molar-refractivity contribution in [3.05, 3.63) is 82.6 Å². The van der Waals surface area contributed by atoms with Crippen LogP contribution >= 0.6 is 11.6 Å². The fraction of sp³-hybridized carbons (Fsp3) is 0.0556. The molecular formula is C18H13ClF2N4O. The van der Waals surface area contributed by atoms with Gasteiger partial charge in [0.15, 0.2) is 0 Å². The van der Waals surface area contributed by atoms with Gasteiger partial charge in [-0.2, -0.15) is 0 Å². The summed E-state index contributed by atoms with van der Waals surface area (Å²) in [6.45, 7) is 0.372. The van der Waals surface area contributed by atoms with Gasteiger partial charge in [-0.05, 0) is 29.8 Å². The first kappa shape index (κ1) is 17.8. The third-order valence-corrected chi connectivity index (χ3v) is 3.83. The molecule has 8 heteroatoms. The van der Waals surface area contributed by atoms with E-state index in [1.165, 1.54) is 12.3 Å². The molecule has 2 N–H and O–H groups in total. The Hall–Kier alpha value is -3.06. The van der Waals surface area contributed by atoms with Crippen LogP contribution in [-0.4, -0.2) is 15.9 Å². The average molecular weight is 375 g/mol. The number of rotatable bonds is 5. The molecule has 1 heterocycles. The molecule has 5 nitrogen and oxygen atoms in total. The molecule has 3 rings (SSSR count). The third kappa shape index (κ3) is 4.31. The fourth-order valence-electron chi connectivity index (χ4n) is 2.16. The van der Waals surface area contributed by atoms with Gasteiger partial charge in [0.2, 0.25) is 5.95 Å². The summed E-state index contributed by atoms with van der Waals surface area (Å²) < 4.78 is 26.6. The number of carbonyl (C=O) groups is 1. The molecule has 0 aliphatic heterocycles. The van der Waals surface area contributed by atoms with Gasteiger partial charge in [-0.25, -0.2) is 18.7 Å². The van der Waals surface area contributed by atoms with Gasteiger partial charge in [-0.3, -0.25) is 4.79 Å². The molecule has 132 valence electrons. The highest BCUT2D eigenvalue weighted by molar-refractivity contribution is 6.31. The summed E-state index contributed by atoms with van der Waals surface area (Å²) in [6.07, 6.45) is 1.40. The first-order valence-electron chi connectivity index (χ1n) is 7.59. The predicted molar refractivity (Wildman–Crippen MR) is 95.1 cm³/mol. The van der Waals surface area contributed by atoms with E-state index in [0.29, 0.717) is 17.6 Å². The molecule has 0 atom stereocenters. The molecule has 2 aromatic carbocycles. The molecule has 0 aliphatic carbocycles. The standard InChI is InChI=1S/C18H13ClF2N4O/c19-13-4-2-1-3-11(13)10-23-18-22-8-7-16(25-18)17(26)24-15-6-5-12(20)9-14(15)21/h1-9H,10H2,(H,24,26)(H,22,23,25). The smallest absolute Gasteiger partial charge is 0.274 e. The number of carbonyl (C=O) groups excluding carboxylic acids is 1. The Morgan fingerprint density at radius 3 is 2.69 bits per heavy atom. The normalized spacial score (nSPS) is 10.4. The van der Waals surface area contributed by atoms with Crippen LogP contribution in [0.25, 0.3) is 0 Å². The summed E-state index contributed by atoms with van der Waals surface area (Å²) in [6, 6.07) is 11.6. The van der Waals surface area contributed by atoms with E-state index in [0.717, 1.165) is 17.7 Å². The maximum Gasteiger partial charge on any atom is 0.274 e. The van der Waals surface area contributed by atoms with E-state index in [4.69, 9.17) is 11.6 Å². The van der Waals surface area contributed by atoms with E-state index in [1.54, 1.807) is 6.07 Å². The van der Waals surface area contributed by atoms with Crippen LogP contribution in [0.1, 0.15) is 16.1 Å². The Balaban J connectivity index is 1.70. The second kappa shape index (κ2) is 7.88. The summed E-state index contributed by atoms with van der Waals surface area (Å²) >= 11 is 6.08. The molecular weight excluding hydrogens is 362 g/mol. The first-order valence-corrected chi connectivity index (χ1v) is 7.97. The minimum Gasteiger partial charge on any atom is -0.350 e. The minimum absolute atomic E-state index is 0.0328. The number of hydrogen-bond donors (Lipinski definition) is 2. The van der Waals surface area contributed by atoms with Crippen molar-refractivity contribution in [3.8, 4) is 0 Å². The predicted octanol–water partition coefficient (Wildman–Crippen LogP) is 4.27. The number of benzene rings is 2. The quantitative estimate of drug-likeness (QED) is 0.699. The van der Waals surface area contributed by atoms with Crippen LogP contribution in [0.5, 0.6) is 0 Å². The lowest BCUT2D eigenvalue weighted by Gasteiger charge is -2.09. The van der Waals surface area contributed by atoms with Gasteiger partial charge in [0.25, 0.3) is 5.91 Å². The monoisotopic (exact) mass is 374 g/mol. The lowest BCUT2D eigenvalue weighted by Crippen LogP contribution is -2.16. The van der Waals surface area contributed by atoms with Gasteiger partial charge in [-0.15, -0.1) is 0 Å². The van der Waals surface area contributed by atoms with E-state index in [1.807, 2.05) is 18.2 Å². The summed E-state index contributed by atoms with van der Waals surface area (Å²) in [5.41, 5.74) is 0.743. The van der Waals surface area contributed by atoms with E-state index in [-0.39, 0.29) is 17.3 Å². The van der Waals surface area contributed by atoms with Gasteiger partial charge in [0, 0.05) is 23.8 Å². The highest BCUT2D eigenvalue weighted by Gasteiger charge is 2.12. The van der Waals surface area contributed by atoms with Crippen molar-refractivity contribution in [2.24, 2.45) is 0 Å². The van der Waals surface area contributed by atoms with E-state index in [2.05, 4.69) is 20.6 Å². The SMILES string of the molecule is O=C(Nc1ccc(F)cc1F)c1ccnc(NCc2ccccc2Cl)n1. The number of halogens is 3. The van der Waals surface area contributed by atoms with Crippen LogP contribution in [0.15, 0.2) is 54.7 Å². The lowest BCUT2D eigenvalue weighted by molar-refractivity contribution is 0.102. The van der Waals surface area contributed by atoms with Crippen molar-refractivity contribution in [3.63, 3.8) is 0 Å². The first-order chi connectivity index (χ1) is 12.5. The Bertz CT molecular complexity index is 952. The number of nitrogens with zero attached hydrogens (tertiary/aromatic N) is 2. The molecule has 0 saturated heterocycles. The molecule has 0 unspecified atom stereocenters. The summed E-state index contributed by atoms with van der Waals surface area (Å²) in [7, 11) is 0. The van der Waals surface area contributed by atoms with Crippen LogP contribution < -0.4 is 10.6 Å². The van der Waals surface area contributed by atoms with Gasteiger partial charge in [-0.1, -0.05) is 29.8 Å². The van der Waals surface area contributed by atoms with E-state index >= 15 is 0 Å². The largest absolute Gasteiger partial charge is 0.350 e. The molecule has 0 radical (unpaired) electrons. The van der Waals surface area contributed by atoms with Crippen LogP contribution in [0.4, 0.5) is 20.4 Å². The summed E-state index contributed by atoms with van der Waals surface area (Å²) in [4.78, 5) is 20.3. The molecule has 3 aromatic rings. The second-order valence-electron chi connectivity index (χ2n) is 5.29. The molecule has 1 amide bonds. The van der Waals surface area contributed by atoms with Crippen molar-refractivity contribution in [2.75, 3.05) is 10.6 Å². The van der Waals surface area contributed by atoms with E-state index < -0.39 is 17.5 Å². The summed E-state index contributed by atoms with van der Waals surface area (Å²) in [5, 5.41) is 5.91. The Labute approximate surface area is 153 Å². The zero-order chi connectivity index (χ0) is 18.5. The molecule has 0 saturated carbocycles. The van der Waals surface area contributed by atoms with Crippen molar-refractivity contribution in [2.45, 2.75) is 6.54 Å². The second-order valence-corrected chi connectivity index (χ2v) is 5.70.